The van der Waals surface area contributed by atoms with Gasteiger partial charge in [-0.15, -0.1) is 0 Å². The molecule has 1 aliphatic heterocycles. The average molecular weight is 310 g/mol. The maximum Gasteiger partial charge on any atom is 0.406 e. The third-order valence-electron chi connectivity index (χ3n) is 3.01. The Balaban J connectivity index is 2.25. The average Bonchev–Trinajstić information content (AvgIpc) is 2.88. The zero-order valence-electron chi connectivity index (χ0n) is 11.0. The number of halogens is 4. The first-order valence-electron chi connectivity index (χ1n) is 6.37. The van der Waals surface area contributed by atoms with Crippen LogP contribution in [-0.2, 0) is 0 Å². The molecule has 0 aromatic carbocycles. The van der Waals surface area contributed by atoms with Crippen LogP contribution < -0.4 is 9.80 Å². The Morgan fingerprint density at radius 1 is 1.20 bits per heavy atom. The van der Waals surface area contributed by atoms with Gasteiger partial charge >= 0.3 is 6.18 Å². The molecule has 0 unspecified atom stereocenters. The van der Waals surface area contributed by atoms with Crippen LogP contribution in [0, 0.1) is 0 Å². The molecular weight excluding hydrogens is 295 g/mol. The molecule has 2 rings (SSSR count). The van der Waals surface area contributed by atoms with Gasteiger partial charge in [-0.3, -0.25) is 0 Å². The van der Waals surface area contributed by atoms with E-state index in [0.717, 1.165) is 30.8 Å². The molecular formula is C11H15ClF3N5. The molecule has 112 valence electrons. The van der Waals surface area contributed by atoms with E-state index in [4.69, 9.17) is 11.6 Å². The largest absolute Gasteiger partial charge is 0.406 e. The second-order valence-electron chi connectivity index (χ2n) is 4.53. The van der Waals surface area contributed by atoms with Crippen molar-refractivity contribution in [3.63, 3.8) is 0 Å². The number of hydrogen-bond donors (Lipinski definition) is 0. The van der Waals surface area contributed by atoms with E-state index >= 15 is 0 Å². The molecule has 0 aliphatic carbocycles. The molecule has 0 radical (unpaired) electrons. The van der Waals surface area contributed by atoms with Crippen LogP contribution in [0.25, 0.3) is 0 Å². The Labute approximate surface area is 119 Å². The second-order valence-corrected chi connectivity index (χ2v) is 4.87. The van der Waals surface area contributed by atoms with Crippen LogP contribution in [0.5, 0.6) is 0 Å². The topological polar surface area (TPSA) is 45.2 Å². The van der Waals surface area contributed by atoms with Crippen molar-refractivity contribution in [2.24, 2.45) is 0 Å². The van der Waals surface area contributed by atoms with Crippen LogP contribution in [0.1, 0.15) is 19.8 Å². The molecule has 1 aromatic heterocycles. The highest BCUT2D eigenvalue weighted by molar-refractivity contribution is 6.28. The van der Waals surface area contributed by atoms with Gasteiger partial charge in [0.15, 0.2) is 0 Å². The van der Waals surface area contributed by atoms with Crippen molar-refractivity contribution in [3.8, 4) is 0 Å². The van der Waals surface area contributed by atoms with Gasteiger partial charge in [0, 0.05) is 19.6 Å². The Morgan fingerprint density at radius 2 is 1.85 bits per heavy atom. The van der Waals surface area contributed by atoms with Crippen LogP contribution in [0.3, 0.4) is 0 Å². The predicted octanol–water partition coefficient (Wildman–Crippen LogP) is 2.51. The zero-order valence-corrected chi connectivity index (χ0v) is 11.7. The van der Waals surface area contributed by atoms with Gasteiger partial charge in [-0.25, -0.2) is 0 Å². The predicted molar refractivity (Wildman–Crippen MR) is 70.2 cm³/mol. The molecule has 0 N–H and O–H groups in total. The van der Waals surface area contributed by atoms with Gasteiger partial charge in [0.1, 0.15) is 6.54 Å². The SMILES string of the molecule is CCN(CC(F)(F)F)c1nc(Cl)nc(N2CCCC2)n1. The van der Waals surface area contributed by atoms with E-state index < -0.39 is 12.7 Å². The van der Waals surface area contributed by atoms with Crippen LogP contribution in [0.15, 0.2) is 0 Å². The summed E-state index contributed by atoms with van der Waals surface area (Å²) in [6, 6.07) is 0. The molecule has 1 aromatic rings. The maximum absolute atomic E-state index is 12.5. The quantitative estimate of drug-likeness (QED) is 0.855. The van der Waals surface area contributed by atoms with Crippen molar-refractivity contribution < 1.29 is 13.2 Å². The number of aromatic nitrogens is 3. The molecule has 9 heteroatoms. The highest BCUT2D eigenvalue weighted by atomic mass is 35.5. The normalized spacial score (nSPS) is 15.8. The number of anilines is 2. The van der Waals surface area contributed by atoms with Crippen molar-refractivity contribution >= 4 is 23.5 Å². The fraction of sp³-hybridized carbons (Fsp3) is 0.727. The van der Waals surface area contributed by atoms with Gasteiger partial charge in [-0.05, 0) is 31.4 Å². The summed E-state index contributed by atoms with van der Waals surface area (Å²) in [5.74, 6) is 0.310. The molecule has 1 aliphatic rings. The van der Waals surface area contributed by atoms with Crippen molar-refractivity contribution in [2.75, 3.05) is 36.0 Å². The lowest BCUT2D eigenvalue weighted by Crippen LogP contribution is -2.36. The summed E-state index contributed by atoms with van der Waals surface area (Å²) in [4.78, 5) is 14.8. The lowest BCUT2D eigenvalue weighted by atomic mass is 10.4. The Morgan fingerprint density at radius 3 is 2.40 bits per heavy atom. The Hall–Kier alpha value is -1.31. The fourth-order valence-electron chi connectivity index (χ4n) is 2.07. The first-order chi connectivity index (χ1) is 9.39. The summed E-state index contributed by atoms with van der Waals surface area (Å²) in [6.07, 6.45) is -2.29. The molecule has 1 saturated heterocycles. The minimum atomic E-state index is -4.32. The van der Waals surface area contributed by atoms with Gasteiger partial charge in [0.05, 0.1) is 0 Å². The van der Waals surface area contributed by atoms with Crippen LogP contribution >= 0.6 is 11.6 Å². The van der Waals surface area contributed by atoms with Crippen molar-refractivity contribution in [1.82, 2.24) is 15.0 Å². The molecule has 0 amide bonds. The Kier molecular flexibility index (Phi) is 4.52. The number of alkyl halides is 3. The smallest absolute Gasteiger partial charge is 0.341 e. The van der Waals surface area contributed by atoms with E-state index in [1.807, 2.05) is 4.90 Å². The third kappa shape index (κ3) is 3.84. The molecule has 5 nitrogen and oxygen atoms in total. The summed E-state index contributed by atoms with van der Waals surface area (Å²) in [6.45, 7) is 2.21. The molecule has 20 heavy (non-hydrogen) atoms. The van der Waals surface area contributed by atoms with E-state index in [1.165, 1.54) is 0 Å². The summed E-state index contributed by atoms with van der Waals surface area (Å²) >= 11 is 5.80. The first-order valence-corrected chi connectivity index (χ1v) is 6.75. The molecule has 0 saturated carbocycles. The van der Waals surface area contributed by atoms with Crippen LogP contribution in [0.4, 0.5) is 25.1 Å². The molecule has 2 heterocycles. The van der Waals surface area contributed by atoms with Crippen molar-refractivity contribution in [3.05, 3.63) is 5.28 Å². The van der Waals surface area contributed by atoms with Gasteiger partial charge in [0.2, 0.25) is 17.2 Å². The summed E-state index contributed by atoms with van der Waals surface area (Å²) in [5, 5.41) is -0.0856. The lowest BCUT2D eigenvalue weighted by Gasteiger charge is -2.23. The second kappa shape index (κ2) is 5.99. The van der Waals surface area contributed by atoms with Gasteiger partial charge in [0.25, 0.3) is 0 Å². The van der Waals surface area contributed by atoms with E-state index in [-0.39, 0.29) is 17.8 Å². The van der Waals surface area contributed by atoms with Crippen molar-refractivity contribution in [1.29, 1.82) is 0 Å². The molecule has 0 bridgehead atoms. The van der Waals surface area contributed by atoms with Crippen LogP contribution in [-0.4, -0.2) is 47.3 Å². The van der Waals surface area contributed by atoms with Gasteiger partial charge in [-0.2, -0.15) is 28.1 Å². The summed E-state index contributed by atoms with van der Waals surface area (Å²) < 4.78 is 37.6. The first kappa shape index (κ1) is 15.1. The van der Waals surface area contributed by atoms with E-state index in [1.54, 1.807) is 6.92 Å². The summed E-state index contributed by atoms with van der Waals surface area (Å²) in [7, 11) is 0. The maximum atomic E-state index is 12.5. The lowest BCUT2D eigenvalue weighted by molar-refractivity contribution is -0.119. The Bertz CT molecular complexity index is 462. The van der Waals surface area contributed by atoms with Crippen LogP contribution in [0.2, 0.25) is 5.28 Å². The van der Waals surface area contributed by atoms with Gasteiger partial charge < -0.3 is 9.80 Å². The zero-order chi connectivity index (χ0) is 14.8. The van der Waals surface area contributed by atoms with Gasteiger partial charge in [-0.1, -0.05) is 0 Å². The molecule has 0 spiro atoms. The minimum absolute atomic E-state index is 0.0354. The van der Waals surface area contributed by atoms with E-state index in [2.05, 4.69) is 15.0 Å². The number of hydrogen-bond acceptors (Lipinski definition) is 5. The summed E-state index contributed by atoms with van der Waals surface area (Å²) in [5.41, 5.74) is 0. The van der Waals surface area contributed by atoms with E-state index in [9.17, 15) is 13.2 Å². The number of rotatable bonds is 4. The molecule has 1 fully saturated rings. The molecule has 0 atom stereocenters. The highest BCUT2D eigenvalue weighted by Crippen LogP contribution is 2.23. The number of nitrogens with zero attached hydrogens (tertiary/aromatic N) is 5. The third-order valence-corrected chi connectivity index (χ3v) is 3.18. The van der Waals surface area contributed by atoms with Crippen molar-refractivity contribution in [2.45, 2.75) is 25.9 Å². The standard InChI is InChI=1S/C11H15ClF3N5/c1-2-19(7-11(13,14)15)9-16-8(12)17-10(18-9)20-5-3-4-6-20/h2-7H2,1H3. The fourth-order valence-corrected chi connectivity index (χ4v) is 2.22. The monoisotopic (exact) mass is 309 g/mol. The van der Waals surface area contributed by atoms with E-state index in [0.29, 0.717) is 5.95 Å². The highest BCUT2D eigenvalue weighted by Gasteiger charge is 2.32. The minimum Gasteiger partial charge on any atom is -0.341 e.